The van der Waals surface area contributed by atoms with Crippen LogP contribution in [0.2, 0.25) is 5.02 Å². The smallest absolute Gasteiger partial charge is 0.362 e. The number of nitrogens with zero attached hydrogens (tertiary/aromatic N) is 1. The number of halogens is 4. The zero-order valence-corrected chi connectivity index (χ0v) is 13.8. The van der Waals surface area contributed by atoms with Gasteiger partial charge in [0.2, 0.25) is 5.82 Å². The van der Waals surface area contributed by atoms with Crippen LogP contribution < -0.4 is 4.74 Å². The minimum atomic E-state index is -1.64. The van der Waals surface area contributed by atoms with Gasteiger partial charge in [-0.15, -0.1) is 0 Å². The Morgan fingerprint density at radius 2 is 2.20 bits per heavy atom. The van der Waals surface area contributed by atoms with Crippen molar-refractivity contribution in [1.82, 2.24) is 0 Å². The number of hydrogen-bond donors (Lipinski definition) is 0. The highest BCUT2D eigenvalue weighted by atomic mass is 79.9. The van der Waals surface area contributed by atoms with Gasteiger partial charge in [0.15, 0.2) is 0 Å². The Balaban J connectivity index is 3.23. The van der Waals surface area contributed by atoms with Gasteiger partial charge in [-0.25, -0.2) is 4.79 Å². The Morgan fingerprint density at radius 1 is 1.60 bits per heavy atom. The normalized spacial score (nSPS) is 13.4. The molecule has 10 heteroatoms. The molecule has 0 bridgehead atoms. The Labute approximate surface area is 134 Å². The summed E-state index contributed by atoms with van der Waals surface area (Å²) in [6, 6.07) is 1.52. The van der Waals surface area contributed by atoms with Crippen LogP contribution in [0.3, 0.4) is 0 Å². The SMILES string of the molecule is COC(=O)C(Br)(CBr)Oc1cc([N+](=O)[O-])c(F)cc1Cl. The van der Waals surface area contributed by atoms with E-state index in [2.05, 4.69) is 36.6 Å². The third-order valence-corrected chi connectivity index (χ3v) is 4.74. The van der Waals surface area contributed by atoms with Gasteiger partial charge in [-0.05, 0) is 15.9 Å². The molecule has 0 heterocycles. The zero-order valence-electron chi connectivity index (χ0n) is 9.86. The Hall–Kier alpha value is -0.930. The average molecular weight is 435 g/mol. The van der Waals surface area contributed by atoms with E-state index in [0.29, 0.717) is 0 Å². The maximum absolute atomic E-state index is 13.3. The van der Waals surface area contributed by atoms with Crippen molar-refractivity contribution in [2.75, 3.05) is 12.4 Å². The van der Waals surface area contributed by atoms with Crippen molar-refractivity contribution in [3.8, 4) is 5.75 Å². The fourth-order valence-electron chi connectivity index (χ4n) is 1.19. The quantitative estimate of drug-likeness (QED) is 0.307. The molecule has 0 aliphatic rings. The van der Waals surface area contributed by atoms with Crippen LogP contribution in [-0.2, 0) is 9.53 Å². The fraction of sp³-hybridized carbons (Fsp3) is 0.300. The minimum absolute atomic E-state index is 0.0336. The van der Waals surface area contributed by atoms with Crippen LogP contribution in [0, 0.1) is 15.9 Å². The van der Waals surface area contributed by atoms with E-state index < -0.39 is 26.9 Å². The Kier molecular flexibility index (Phi) is 5.72. The lowest BCUT2D eigenvalue weighted by Gasteiger charge is -2.24. The van der Waals surface area contributed by atoms with Crippen molar-refractivity contribution >= 4 is 55.1 Å². The Morgan fingerprint density at radius 3 is 2.65 bits per heavy atom. The molecule has 0 spiro atoms. The van der Waals surface area contributed by atoms with E-state index >= 15 is 0 Å². The monoisotopic (exact) mass is 433 g/mol. The standard InChI is InChI=1S/C10H7Br2ClFNO5/c1-19-9(16)10(12,4-11)20-8-3-7(15(17)18)6(14)2-5(8)13/h2-3H,4H2,1H3. The first kappa shape index (κ1) is 17.1. The lowest BCUT2D eigenvalue weighted by Crippen LogP contribution is -2.41. The number of methoxy groups -OCH3 is 1. The van der Waals surface area contributed by atoms with Gasteiger partial charge in [0.05, 0.1) is 28.5 Å². The summed E-state index contributed by atoms with van der Waals surface area (Å²) in [4.78, 5) is 21.3. The largest absolute Gasteiger partial charge is 0.465 e. The van der Waals surface area contributed by atoms with Crippen molar-refractivity contribution in [2.24, 2.45) is 0 Å². The summed E-state index contributed by atoms with van der Waals surface area (Å²) < 4.78 is 21.5. The molecule has 110 valence electrons. The van der Waals surface area contributed by atoms with Crippen LogP contribution in [0.5, 0.6) is 5.75 Å². The van der Waals surface area contributed by atoms with Crippen molar-refractivity contribution in [3.63, 3.8) is 0 Å². The van der Waals surface area contributed by atoms with Gasteiger partial charge in [0, 0.05) is 6.07 Å². The first-order valence-corrected chi connectivity index (χ1v) is 7.20. The lowest BCUT2D eigenvalue weighted by molar-refractivity contribution is -0.387. The van der Waals surface area contributed by atoms with E-state index in [0.717, 1.165) is 19.2 Å². The number of alkyl halides is 2. The second kappa shape index (κ2) is 6.68. The summed E-state index contributed by atoms with van der Waals surface area (Å²) in [5.41, 5.74) is -0.821. The minimum Gasteiger partial charge on any atom is -0.465 e. The molecule has 1 atom stereocenters. The van der Waals surface area contributed by atoms with Crippen LogP contribution in [0.15, 0.2) is 12.1 Å². The van der Waals surface area contributed by atoms with Gasteiger partial charge in [-0.3, -0.25) is 10.1 Å². The fourth-order valence-corrected chi connectivity index (χ4v) is 2.06. The molecular weight excluding hydrogens is 428 g/mol. The number of rotatable bonds is 5. The highest BCUT2D eigenvalue weighted by molar-refractivity contribution is 9.12. The molecule has 1 aromatic carbocycles. The molecule has 0 fully saturated rings. The molecule has 1 unspecified atom stereocenters. The van der Waals surface area contributed by atoms with Gasteiger partial charge in [0.25, 0.3) is 4.51 Å². The second-order valence-corrected chi connectivity index (χ2v) is 5.70. The number of hydrogen-bond acceptors (Lipinski definition) is 5. The van der Waals surface area contributed by atoms with Crippen molar-refractivity contribution in [3.05, 3.63) is 33.1 Å². The summed E-state index contributed by atoms with van der Waals surface area (Å²) in [5.74, 6) is -2.14. The number of nitro groups is 1. The molecule has 20 heavy (non-hydrogen) atoms. The highest BCUT2D eigenvalue weighted by Crippen LogP contribution is 2.36. The molecule has 0 aliphatic carbocycles. The molecule has 1 aromatic rings. The van der Waals surface area contributed by atoms with Crippen molar-refractivity contribution < 1.29 is 23.6 Å². The summed E-state index contributed by atoms with van der Waals surface area (Å²) in [7, 11) is 1.14. The molecule has 0 radical (unpaired) electrons. The van der Waals surface area contributed by atoms with Crippen LogP contribution in [0.4, 0.5) is 10.1 Å². The molecule has 0 amide bonds. The van der Waals surface area contributed by atoms with Crippen LogP contribution >= 0.6 is 43.5 Å². The molecule has 0 aliphatic heterocycles. The molecule has 0 N–H and O–H groups in total. The number of carbonyl (C=O) groups excluding carboxylic acids is 1. The van der Waals surface area contributed by atoms with E-state index in [4.69, 9.17) is 16.3 Å². The lowest BCUT2D eigenvalue weighted by atomic mass is 10.3. The Bertz CT molecular complexity index is 559. The van der Waals surface area contributed by atoms with Crippen LogP contribution in [0.1, 0.15) is 0 Å². The average Bonchev–Trinajstić information content (AvgIpc) is 2.40. The maximum atomic E-state index is 13.3. The van der Waals surface area contributed by atoms with Gasteiger partial charge >= 0.3 is 11.7 Å². The molecule has 6 nitrogen and oxygen atoms in total. The number of benzene rings is 1. The zero-order chi connectivity index (χ0) is 15.5. The van der Waals surface area contributed by atoms with Crippen LogP contribution in [-0.4, -0.2) is 27.8 Å². The maximum Gasteiger partial charge on any atom is 0.362 e. The summed E-state index contributed by atoms with van der Waals surface area (Å²) >= 11 is 11.8. The first-order chi connectivity index (χ1) is 9.25. The van der Waals surface area contributed by atoms with E-state index in [9.17, 15) is 19.3 Å². The highest BCUT2D eigenvalue weighted by Gasteiger charge is 2.39. The van der Waals surface area contributed by atoms with Crippen molar-refractivity contribution in [1.29, 1.82) is 0 Å². The number of nitro benzene ring substituents is 1. The number of ether oxygens (including phenoxy) is 2. The second-order valence-electron chi connectivity index (χ2n) is 3.45. The van der Waals surface area contributed by atoms with Gasteiger partial charge in [-0.2, -0.15) is 4.39 Å². The van der Waals surface area contributed by atoms with Gasteiger partial charge in [0.1, 0.15) is 5.75 Å². The number of esters is 1. The predicted octanol–water partition coefficient (Wildman–Crippen LogP) is 3.43. The first-order valence-electron chi connectivity index (χ1n) is 4.91. The number of carbonyl (C=O) groups is 1. The molecule has 0 aromatic heterocycles. The van der Waals surface area contributed by atoms with E-state index in [1.165, 1.54) is 0 Å². The third-order valence-electron chi connectivity index (χ3n) is 2.13. The molecular formula is C10H7Br2ClFNO5. The van der Waals surface area contributed by atoms with E-state index in [1.54, 1.807) is 0 Å². The van der Waals surface area contributed by atoms with Crippen molar-refractivity contribution in [2.45, 2.75) is 4.51 Å². The van der Waals surface area contributed by atoms with Gasteiger partial charge in [-0.1, -0.05) is 27.5 Å². The molecule has 0 saturated heterocycles. The molecule has 0 saturated carbocycles. The van der Waals surface area contributed by atoms with E-state index in [1.807, 2.05) is 0 Å². The molecule has 1 rings (SSSR count). The summed E-state index contributed by atoms with van der Waals surface area (Å²) in [6.45, 7) is 0. The summed E-state index contributed by atoms with van der Waals surface area (Å²) in [6.07, 6.45) is 0. The van der Waals surface area contributed by atoms with Gasteiger partial charge < -0.3 is 9.47 Å². The topological polar surface area (TPSA) is 78.7 Å². The third kappa shape index (κ3) is 3.58. The summed E-state index contributed by atoms with van der Waals surface area (Å²) in [5, 5.41) is 10.4. The van der Waals surface area contributed by atoms with E-state index in [-0.39, 0.29) is 16.1 Å². The predicted molar refractivity (Wildman–Crippen MR) is 76.2 cm³/mol. The van der Waals surface area contributed by atoms with Crippen LogP contribution in [0.25, 0.3) is 0 Å².